The van der Waals surface area contributed by atoms with Crippen LogP contribution >= 0.6 is 34.4 Å². The summed E-state index contributed by atoms with van der Waals surface area (Å²) in [5, 5.41) is -0.0589. The summed E-state index contributed by atoms with van der Waals surface area (Å²) in [5.41, 5.74) is 8.12. The highest BCUT2D eigenvalue weighted by atomic mass is 32.2. The zero-order valence-electron chi connectivity index (χ0n) is 44.0. The van der Waals surface area contributed by atoms with E-state index in [9.17, 15) is 23.2 Å². The van der Waals surface area contributed by atoms with Crippen LogP contribution in [-0.4, -0.2) is 74.2 Å². The van der Waals surface area contributed by atoms with E-state index in [1.54, 1.807) is 60.8 Å². The second kappa shape index (κ2) is 24.8. The second-order valence-electron chi connectivity index (χ2n) is 19.1. The minimum Gasteiger partial charge on any atom is -0.496 e. The van der Waals surface area contributed by atoms with Crippen molar-refractivity contribution in [3.05, 3.63) is 152 Å². The van der Waals surface area contributed by atoms with E-state index in [0.717, 1.165) is 65.7 Å². The Morgan fingerprint density at radius 2 is 0.946 bits per heavy atom. The molecule has 74 heavy (non-hydrogen) atoms. The number of esters is 3. The number of hydrogen-bond acceptors (Lipinski definition) is 13. The number of rotatable bonds is 14. The molecule has 15 heteroatoms. The number of thioether (sulfide) groups is 1. The third-order valence-corrected chi connectivity index (χ3v) is 17.3. The fourth-order valence-corrected chi connectivity index (χ4v) is 12.8. The van der Waals surface area contributed by atoms with Crippen molar-refractivity contribution < 1.29 is 56.3 Å². The van der Waals surface area contributed by atoms with Crippen LogP contribution in [0.25, 0.3) is 20.9 Å². The van der Waals surface area contributed by atoms with Gasteiger partial charge < -0.3 is 33.2 Å². The van der Waals surface area contributed by atoms with Crippen LogP contribution in [0.5, 0.6) is 11.5 Å². The van der Waals surface area contributed by atoms with Crippen molar-refractivity contribution in [1.29, 1.82) is 0 Å². The number of hydrogen-bond donors (Lipinski definition) is 0. The average molecular weight is 1070 g/mol. The van der Waals surface area contributed by atoms with E-state index in [4.69, 9.17) is 33.2 Å². The van der Waals surface area contributed by atoms with Gasteiger partial charge in [-0.1, -0.05) is 38.1 Å². The van der Waals surface area contributed by atoms with Crippen molar-refractivity contribution in [3.8, 4) is 32.4 Å². The molecule has 10 atom stereocenters. The van der Waals surface area contributed by atoms with Crippen molar-refractivity contribution in [2.45, 2.75) is 123 Å². The molecular formula is C59H66F2O10S3. The summed E-state index contributed by atoms with van der Waals surface area (Å²) < 4.78 is 68.3. The second-order valence-corrected chi connectivity index (χ2v) is 22.5. The Morgan fingerprint density at radius 3 is 1.36 bits per heavy atom. The lowest BCUT2D eigenvalue weighted by atomic mass is 9.84. The van der Waals surface area contributed by atoms with Crippen molar-refractivity contribution in [2.24, 2.45) is 11.8 Å². The molecule has 0 bridgehead atoms. The minimum atomic E-state index is -0.834. The van der Waals surface area contributed by atoms with Crippen molar-refractivity contribution >= 4 is 52.3 Å². The largest absolute Gasteiger partial charge is 0.496 e. The quantitative estimate of drug-likeness (QED) is 0.0767. The highest BCUT2D eigenvalue weighted by molar-refractivity contribution is 7.99. The molecule has 2 fully saturated rings. The predicted octanol–water partition coefficient (Wildman–Crippen LogP) is 13.6. The molecular weight excluding hydrogens is 1000 g/mol. The van der Waals surface area contributed by atoms with Gasteiger partial charge in [0.1, 0.15) is 47.5 Å². The Labute approximate surface area is 446 Å². The minimum absolute atomic E-state index is 0.0589. The topological polar surface area (TPSA) is 116 Å². The Morgan fingerprint density at radius 1 is 0.554 bits per heavy atom. The van der Waals surface area contributed by atoms with Crippen LogP contribution < -0.4 is 9.47 Å². The monoisotopic (exact) mass is 1070 g/mol. The Balaban J connectivity index is 0.000000217. The van der Waals surface area contributed by atoms with Crippen LogP contribution in [0.2, 0.25) is 0 Å². The summed E-state index contributed by atoms with van der Waals surface area (Å²) in [6.45, 7) is 16.2. The maximum atomic E-state index is 13.4. The fraction of sp³-hybridized carbons (Fsp3) is 0.407. The van der Waals surface area contributed by atoms with Gasteiger partial charge in [0.2, 0.25) is 0 Å². The van der Waals surface area contributed by atoms with Crippen LogP contribution in [-0.2, 0) is 50.9 Å². The first kappa shape index (κ1) is 56.2. The molecule has 4 heterocycles. The SMILES string of the molecule is COc1cc(C)c(Cc2ccc(-c3ccc(F)cc3)s2)cc1C1O[C@H](C)[C@@H](C)[C@H](OC(C)=O)[C@H]1OC(C)=O.COc1cc(C)c(Cc2ccc(-c3ccc(F)cc3)s2)cc1C1O[C@H](C)[C@@H](C)[C@H](OC(C)=O)[C@H]1SC. The molecule has 394 valence electrons. The number of benzene rings is 4. The zero-order valence-corrected chi connectivity index (χ0v) is 46.4. The van der Waals surface area contributed by atoms with Gasteiger partial charge >= 0.3 is 17.9 Å². The van der Waals surface area contributed by atoms with Crippen molar-refractivity contribution in [2.75, 3.05) is 20.5 Å². The number of methoxy groups -OCH3 is 2. The molecule has 10 nitrogen and oxygen atoms in total. The molecule has 0 radical (unpaired) electrons. The van der Waals surface area contributed by atoms with Gasteiger partial charge in [0.25, 0.3) is 0 Å². The fourth-order valence-electron chi connectivity index (χ4n) is 9.68. The smallest absolute Gasteiger partial charge is 0.303 e. The van der Waals surface area contributed by atoms with E-state index < -0.39 is 30.3 Å². The number of thiophene rings is 2. The molecule has 0 saturated carbocycles. The van der Waals surface area contributed by atoms with E-state index in [0.29, 0.717) is 12.2 Å². The first-order chi connectivity index (χ1) is 35.3. The number of halogens is 2. The van der Waals surface area contributed by atoms with Crippen LogP contribution in [0, 0.1) is 37.3 Å². The third kappa shape index (κ3) is 13.3. The van der Waals surface area contributed by atoms with Gasteiger partial charge in [0.05, 0.1) is 31.7 Å². The van der Waals surface area contributed by atoms with E-state index >= 15 is 0 Å². The number of ether oxygens (including phenoxy) is 7. The number of carbonyl (C=O) groups excluding carboxylic acids is 3. The summed E-state index contributed by atoms with van der Waals surface area (Å²) in [6, 6.07) is 29.7. The lowest BCUT2D eigenvalue weighted by Gasteiger charge is -2.44. The van der Waals surface area contributed by atoms with Gasteiger partial charge in [-0.2, -0.15) is 11.8 Å². The van der Waals surface area contributed by atoms with Crippen LogP contribution in [0.4, 0.5) is 8.78 Å². The zero-order chi connectivity index (χ0) is 53.5. The first-order valence-corrected chi connectivity index (χ1v) is 27.6. The average Bonchev–Trinajstić information content (AvgIpc) is 4.04. The molecule has 4 aromatic carbocycles. The Hall–Kier alpha value is -5.58. The molecule has 0 N–H and O–H groups in total. The third-order valence-electron chi connectivity index (χ3n) is 14.0. The molecule has 0 spiro atoms. The summed E-state index contributed by atoms with van der Waals surface area (Å²) in [5.74, 6) is -0.421. The van der Waals surface area contributed by atoms with Gasteiger partial charge in [-0.05, 0) is 140 Å². The maximum absolute atomic E-state index is 13.4. The van der Waals surface area contributed by atoms with Crippen LogP contribution in [0.1, 0.15) is 104 Å². The molecule has 2 aliphatic rings. The number of carbonyl (C=O) groups is 3. The van der Waals surface area contributed by atoms with E-state index in [1.807, 2.05) is 64.3 Å². The molecule has 2 saturated heterocycles. The van der Waals surface area contributed by atoms with Crippen LogP contribution in [0.3, 0.4) is 0 Å². The number of aryl methyl sites for hydroxylation is 2. The van der Waals surface area contributed by atoms with E-state index in [-0.39, 0.29) is 59.1 Å². The summed E-state index contributed by atoms with van der Waals surface area (Å²) >= 11 is 5.02. The lowest BCUT2D eigenvalue weighted by Crippen LogP contribution is -2.52. The standard InChI is InChI=1S/C30H33FO6S.C29H33FO4S2/c1-16-13-26(34-6)25(29-30(37-20(5)33)28(36-19(4)32)17(2)18(3)35-29)15-22(16)14-24-11-12-27(38-24)21-7-9-23(31)10-8-21;1-16-13-25(32-5)24(28-29(35-6)27(34-19(4)31)17(2)18(3)33-28)15-21(16)14-23-11-12-26(36-23)20-7-9-22(30)10-8-20/h7-13,15,17-18,28-30H,14H2,1-6H3;7-13,15,17-18,27-29H,14H2,1-6H3/t17-,18-,28+,29?,30-;17-,18-,27+,28?,29-/m11/s1. The van der Waals surface area contributed by atoms with Crippen LogP contribution in [0.15, 0.2) is 97.1 Å². The Bertz CT molecular complexity index is 2900. The molecule has 2 aromatic heterocycles. The molecule has 2 unspecified atom stereocenters. The Kier molecular flexibility index (Phi) is 18.9. The van der Waals surface area contributed by atoms with Crippen molar-refractivity contribution in [3.63, 3.8) is 0 Å². The molecule has 0 amide bonds. The highest BCUT2D eigenvalue weighted by Crippen LogP contribution is 2.47. The van der Waals surface area contributed by atoms with Gasteiger partial charge in [-0.3, -0.25) is 14.4 Å². The molecule has 6 aromatic rings. The van der Waals surface area contributed by atoms with Crippen molar-refractivity contribution in [1.82, 2.24) is 0 Å². The molecule has 8 rings (SSSR count). The van der Waals surface area contributed by atoms with E-state index in [2.05, 4.69) is 44.2 Å². The highest BCUT2D eigenvalue weighted by Gasteiger charge is 2.48. The maximum Gasteiger partial charge on any atom is 0.303 e. The predicted molar refractivity (Wildman–Crippen MR) is 289 cm³/mol. The van der Waals surface area contributed by atoms with Gasteiger partial charge in [0, 0.05) is 76.1 Å². The first-order valence-electron chi connectivity index (χ1n) is 24.7. The molecule has 2 aliphatic heterocycles. The van der Waals surface area contributed by atoms with E-state index in [1.165, 1.54) is 55.5 Å². The summed E-state index contributed by atoms with van der Waals surface area (Å²) in [6.07, 6.45) is 0.401. The van der Waals surface area contributed by atoms with Gasteiger partial charge in [-0.15, -0.1) is 22.7 Å². The van der Waals surface area contributed by atoms with Gasteiger partial charge in [0.15, 0.2) is 6.10 Å². The summed E-state index contributed by atoms with van der Waals surface area (Å²) in [7, 11) is 3.27. The summed E-state index contributed by atoms with van der Waals surface area (Å²) in [4.78, 5) is 40.5. The van der Waals surface area contributed by atoms with Gasteiger partial charge in [-0.25, -0.2) is 8.78 Å². The normalized spacial score (nSPS) is 23.5. The molecule has 0 aliphatic carbocycles. The lowest BCUT2D eigenvalue weighted by molar-refractivity contribution is -0.222.